The van der Waals surface area contributed by atoms with E-state index < -0.39 is 18.6 Å². The topological polar surface area (TPSA) is 21.3 Å². The van der Waals surface area contributed by atoms with Crippen molar-refractivity contribution in [3.05, 3.63) is 29.6 Å². The molecule has 0 radical (unpaired) electrons. The Labute approximate surface area is 90.2 Å². The molecule has 0 saturated carbocycles. The summed E-state index contributed by atoms with van der Waals surface area (Å²) >= 11 is 0. The molecule has 0 fully saturated rings. The predicted octanol–water partition coefficient (Wildman–Crippen LogP) is 2.49. The fraction of sp³-hybridized carbons (Fsp3) is 0.400. The highest BCUT2D eigenvalue weighted by Gasteiger charge is 2.29. The van der Waals surface area contributed by atoms with E-state index in [0.717, 1.165) is 0 Å². The van der Waals surface area contributed by atoms with Crippen LogP contribution >= 0.6 is 0 Å². The molecule has 0 unspecified atom stereocenters. The molecule has 6 heteroatoms. The van der Waals surface area contributed by atoms with Gasteiger partial charge in [-0.05, 0) is 19.2 Å². The van der Waals surface area contributed by atoms with E-state index in [0.29, 0.717) is 0 Å². The zero-order valence-corrected chi connectivity index (χ0v) is 8.57. The van der Waals surface area contributed by atoms with Crippen LogP contribution in [0.4, 0.5) is 17.6 Å². The first-order valence-electron chi connectivity index (χ1n) is 4.55. The molecule has 0 aliphatic carbocycles. The fourth-order valence-electron chi connectivity index (χ4n) is 1.18. The minimum absolute atomic E-state index is 0.0910. The highest BCUT2D eigenvalue weighted by molar-refractivity contribution is 5.34. The Balaban J connectivity index is 2.82. The summed E-state index contributed by atoms with van der Waals surface area (Å²) in [6, 6.07) is 3.79. The van der Waals surface area contributed by atoms with Crippen LogP contribution < -0.4 is 10.1 Å². The molecule has 0 aromatic heterocycles. The van der Waals surface area contributed by atoms with Gasteiger partial charge >= 0.3 is 6.18 Å². The zero-order chi connectivity index (χ0) is 12.2. The summed E-state index contributed by atoms with van der Waals surface area (Å²) < 4.78 is 53.6. The fourth-order valence-corrected chi connectivity index (χ4v) is 1.18. The van der Waals surface area contributed by atoms with Gasteiger partial charge in [-0.3, -0.25) is 0 Å². The first kappa shape index (κ1) is 12.8. The number of benzene rings is 1. The lowest BCUT2D eigenvalue weighted by Crippen LogP contribution is -2.20. The van der Waals surface area contributed by atoms with E-state index in [1.807, 2.05) is 0 Å². The number of ether oxygens (including phenoxy) is 1. The van der Waals surface area contributed by atoms with Crippen molar-refractivity contribution in [3.8, 4) is 5.75 Å². The average Bonchev–Trinajstić information content (AvgIpc) is 2.18. The number of alkyl halides is 3. The molecule has 2 nitrogen and oxygen atoms in total. The Hall–Kier alpha value is -1.30. The third kappa shape index (κ3) is 3.69. The molecule has 1 aromatic carbocycles. The Bertz CT molecular complexity index is 351. The van der Waals surface area contributed by atoms with Crippen molar-refractivity contribution in [3.63, 3.8) is 0 Å². The third-order valence-corrected chi connectivity index (χ3v) is 1.82. The van der Waals surface area contributed by atoms with Crippen molar-refractivity contribution in [2.75, 3.05) is 13.7 Å². The van der Waals surface area contributed by atoms with Gasteiger partial charge in [0.1, 0.15) is 11.6 Å². The average molecular weight is 237 g/mol. The minimum Gasteiger partial charge on any atom is -0.484 e. The molecule has 90 valence electrons. The summed E-state index contributed by atoms with van der Waals surface area (Å²) in [4.78, 5) is 0. The Morgan fingerprint density at radius 1 is 1.31 bits per heavy atom. The Kier molecular flexibility index (Phi) is 4.12. The van der Waals surface area contributed by atoms with Gasteiger partial charge in [0.05, 0.1) is 0 Å². The van der Waals surface area contributed by atoms with E-state index in [1.165, 1.54) is 18.2 Å². The van der Waals surface area contributed by atoms with E-state index >= 15 is 0 Å². The van der Waals surface area contributed by atoms with Crippen LogP contribution in [0.3, 0.4) is 0 Å². The van der Waals surface area contributed by atoms with Crippen LogP contribution in [0.15, 0.2) is 18.2 Å². The molecule has 0 aliphatic rings. The second-order valence-corrected chi connectivity index (χ2v) is 3.15. The molecule has 0 bridgehead atoms. The molecule has 0 aliphatic heterocycles. The van der Waals surface area contributed by atoms with Gasteiger partial charge in [-0.25, -0.2) is 4.39 Å². The molecule has 0 spiro atoms. The molecule has 1 N–H and O–H groups in total. The Morgan fingerprint density at radius 3 is 2.56 bits per heavy atom. The molecule has 0 heterocycles. The maximum absolute atomic E-state index is 13.3. The van der Waals surface area contributed by atoms with Crippen LogP contribution in [-0.2, 0) is 6.54 Å². The summed E-state index contributed by atoms with van der Waals surface area (Å²) in [7, 11) is 1.57. The smallest absolute Gasteiger partial charge is 0.422 e. The van der Waals surface area contributed by atoms with E-state index in [1.54, 1.807) is 7.05 Å². The summed E-state index contributed by atoms with van der Waals surface area (Å²) in [5.41, 5.74) is 0.0919. The van der Waals surface area contributed by atoms with Gasteiger partial charge in [0, 0.05) is 12.1 Å². The third-order valence-electron chi connectivity index (χ3n) is 1.82. The first-order valence-corrected chi connectivity index (χ1v) is 4.55. The van der Waals surface area contributed by atoms with Crippen LogP contribution in [0.2, 0.25) is 0 Å². The van der Waals surface area contributed by atoms with E-state index in [2.05, 4.69) is 10.1 Å². The summed E-state index contributed by atoms with van der Waals surface area (Å²) in [6.07, 6.45) is -4.43. The van der Waals surface area contributed by atoms with E-state index in [4.69, 9.17) is 0 Å². The van der Waals surface area contributed by atoms with Gasteiger partial charge in [0.2, 0.25) is 0 Å². The number of hydrogen-bond donors (Lipinski definition) is 1. The van der Waals surface area contributed by atoms with Crippen LogP contribution in [-0.4, -0.2) is 19.8 Å². The number of rotatable bonds is 4. The SMILES string of the molecule is CNCc1c(F)cccc1OCC(F)(F)F. The van der Waals surface area contributed by atoms with Crippen molar-refractivity contribution in [2.45, 2.75) is 12.7 Å². The lowest BCUT2D eigenvalue weighted by Gasteiger charge is -2.13. The van der Waals surface area contributed by atoms with Gasteiger partial charge < -0.3 is 10.1 Å². The number of hydrogen-bond acceptors (Lipinski definition) is 2. The van der Waals surface area contributed by atoms with Crippen molar-refractivity contribution in [2.24, 2.45) is 0 Å². The molecular weight excluding hydrogens is 226 g/mol. The van der Waals surface area contributed by atoms with E-state index in [9.17, 15) is 17.6 Å². The standard InChI is InChI=1S/C10H11F4NO/c1-15-5-7-8(11)3-2-4-9(7)16-6-10(12,13)14/h2-4,15H,5-6H2,1H3. The zero-order valence-electron chi connectivity index (χ0n) is 8.57. The number of halogens is 4. The maximum Gasteiger partial charge on any atom is 0.422 e. The van der Waals surface area contributed by atoms with Crippen molar-refractivity contribution < 1.29 is 22.3 Å². The van der Waals surface area contributed by atoms with Crippen LogP contribution in [0.25, 0.3) is 0 Å². The van der Waals surface area contributed by atoms with Crippen molar-refractivity contribution in [1.82, 2.24) is 5.32 Å². The highest BCUT2D eigenvalue weighted by atomic mass is 19.4. The summed E-state index contributed by atoms with van der Waals surface area (Å²) in [6.45, 7) is -1.31. The van der Waals surface area contributed by atoms with Gasteiger partial charge in [-0.2, -0.15) is 13.2 Å². The maximum atomic E-state index is 13.3. The van der Waals surface area contributed by atoms with Gasteiger partial charge in [0.15, 0.2) is 6.61 Å². The summed E-state index contributed by atoms with van der Waals surface area (Å²) in [5, 5.41) is 2.66. The molecule has 0 saturated heterocycles. The normalized spacial score (nSPS) is 11.6. The van der Waals surface area contributed by atoms with Crippen LogP contribution in [0.5, 0.6) is 5.75 Å². The van der Waals surface area contributed by atoms with Gasteiger partial charge in [-0.1, -0.05) is 6.07 Å². The van der Waals surface area contributed by atoms with Crippen LogP contribution in [0.1, 0.15) is 5.56 Å². The lowest BCUT2D eigenvalue weighted by molar-refractivity contribution is -0.153. The lowest BCUT2D eigenvalue weighted by atomic mass is 10.2. The molecule has 0 atom stereocenters. The predicted molar refractivity (Wildman–Crippen MR) is 50.7 cm³/mol. The van der Waals surface area contributed by atoms with Gasteiger partial charge in [-0.15, -0.1) is 0 Å². The minimum atomic E-state index is -4.43. The van der Waals surface area contributed by atoms with Crippen molar-refractivity contribution >= 4 is 0 Å². The van der Waals surface area contributed by atoms with Crippen LogP contribution in [0, 0.1) is 5.82 Å². The molecule has 1 aromatic rings. The first-order chi connectivity index (χ1) is 7.44. The second kappa shape index (κ2) is 5.16. The summed E-state index contributed by atoms with van der Waals surface area (Å²) in [5.74, 6) is -0.680. The quantitative estimate of drug-likeness (QED) is 0.812. The second-order valence-electron chi connectivity index (χ2n) is 3.15. The molecule has 16 heavy (non-hydrogen) atoms. The molecule has 1 rings (SSSR count). The Morgan fingerprint density at radius 2 is 2.00 bits per heavy atom. The van der Waals surface area contributed by atoms with Gasteiger partial charge in [0.25, 0.3) is 0 Å². The molecular formula is C10H11F4NO. The van der Waals surface area contributed by atoms with E-state index in [-0.39, 0.29) is 17.9 Å². The van der Waals surface area contributed by atoms with Crippen molar-refractivity contribution in [1.29, 1.82) is 0 Å². The monoisotopic (exact) mass is 237 g/mol. The highest BCUT2D eigenvalue weighted by Crippen LogP contribution is 2.24. The number of nitrogens with one attached hydrogen (secondary N) is 1. The largest absolute Gasteiger partial charge is 0.484 e. The molecule has 0 amide bonds.